The molecule has 8 nitrogen and oxygen atoms in total. The molecule has 6 aromatic rings. The first kappa shape index (κ1) is 40.4. The van der Waals surface area contributed by atoms with E-state index in [-0.39, 0.29) is 23.5 Å². The second-order valence-electron chi connectivity index (χ2n) is 13.5. The number of rotatable bonds is 10. The van der Waals surface area contributed by atoms with E-state index in [0.29, 0.717) is 6.61 Å². The van der Waals surface area contributed by atoms with Crippen LogP contribution in [0.5, 0.6) is 17.2 Å². The molecule has 2 saturated heterocycles. The van der Waals surface area contributed by atoms with Gasteiger partial charge in [0, 0.05) is 12.8 Å². The van der Waals surface area contributed by atoms with Crippen LogP contribution in [0, 0.1) is 0 Å². The van der Waals surface area contributed by atoms with E-state index >= 15 is 0 Å². The number of alkyl halides is 3. The van der Waals surface area contributed by atoms with Crippen LogP contribution in [-0.4, -0.2) is 44.3 Å². The van der Waals surface area contributed by atoms with Crippen LogP contribution in [0.2, 0.25) is 0 Å². The summed E-state index contributed by atoms with van der Waals surface area (Å²) in [5.74, 6) is 2.51. The van der Waals surface area contributed by atoms with Crippen LogP contribution in [0.4, 0.5) is 13.2 Å². The summed E-state index contributed by atoms with van der Waals surface area (Å²) in [6.45, 7) is 2.02. The number of fused-ring (bicyclic) bond motifs is 3. The highest BCUT2D eigenvalue weighted by atomic mass is 32.2. The molecule has 0 spiro atoms. The van der Waals surface area contributed by atoms with Crippen molar-refractivity contribution < 1.29 is 49.8 Å². The van der Waals surface area contributed by atoms with Crippen LogP contribution in [0.25, 0.3) is 21.5 Å². The molecule has 0 saturated carbocycles. The molecule has 2 aliphatic rings. The lowest BCUT2D eigenvalue weighted by Crippen LogP contribution is -2.25. The molecule has 0 N–H and O–H groups in total. The number of hydrogen-bond acceptors (Lipinski definition) is 8. The molecule has 2 aliphatic heterocycles. The lowest BCUT2D eigenvalue weighted by Gasteiger charge is -2.23. The average Bonchev–Trinajstić information content (AvgIpc) is 3.22. The molecule has 2 fully saturated rings. The summed E-state index contributed by atoms with van der Waals surface area (Å²) in [6.07, 6.45) is 5.99. The van der Waals surface area contributed by atoms with Crippen LogP contribution in [0.3, 0.4) is 0 Å². The van der Waals surface area contributed by atoms with Gasteiger partial charge in [0.15, 0.2) is 37.4 Å². The summed E-state index contributed by atoms with van der Waals surface area (Å²) in [7, 11) is -6.45. The van der Waals surface area contributed by atoms with Gasteiger partial charge in [-0.2, -0.15) is 13.2 Å². The molecule has 0 bridgehead atoms. The molecule has 8 rings (SSSR count). The fourth-order valence-electron chi connectivity index (χ4n) is 6.71. The van der Waals surface area contributed by atoms with Crippen LogP contribution in [0.15, 0.2) is 142 Å². The Hall–Kier alpha value is -4.79. The van der Waals surface area contributed by atoms with Gasteiger partial charge in [0.2, 0.25) is 0 Å². The Labute approximate surface area is 332 Å². The van der Waals surface area contributed by atoms with Crippen molar-refractivity contribution in [1.29, 1.82) is 0 Å². The number of halogens is 3. The van der Waals surface area contributed by atoms with Crippen molar-refractivity contribution in [3.05, 3.63) is 133 Å². The maximum atomic E-state index is 10.7. The van der Waals surface area contributed by atoms with Gasteiger partial charge in [-0.15, -0.1) is 0 Å². The lowest BCUT2D eigenvalue weighted by atomic mass is 9.98. The Kier molecular flexibility index (Phi) is 12.9. The molecule has 0 aromatic heterocycles. The fourth-order valence-corrected chi connectivity index (χ4v) is 8.75. The number of benzene rings is 6. The number of hydrogen-bond donors (Lipinski definition) is 0. The molecule has 2 unspecified atom stereocenters. The van der Waals surface area contributed by atoms with E-state index in [4.69, 9.17) is 36.7 Å². The fraction of sp³-hybridized carbons (Fsp3) is 0.273. The second kappa shape index (κ2) is 18.2. The molecule has 13 heteroatoms. The van der Waals surface area contributed by atoms with Crippen LogP contribution in [0.1, 0.15) is 44.1 Å². The third kappa shape index (κ3) is 10.4. The van der Waals surface area contributed by atoms with Gasteiger partial charge in [0.25, 0.3) is 0 Å². The molecule has 0 aliphatic carbocycles. The first-order valence-corrected chi connectivity index (χ1v) is 21.3. The summed E-state index contributed by atoms with van der Waals surface area (Å²) in [4.78, 5) is 3.62. The largest absolute Gasteiger partial charge is 0.741 e. The van der Waals surface area contributed by atoms with Gasteiger partial charge in [0.05, 0.1) is 24.1 Å². The minimum absolute atomic E-state index is 0.168. The normalized spacial score (nSPS) is 18.0. The van der Waals surface area contributed by atoms with E-state index in [9.17, 15) is 13.2 Å². The zero-order valence-electron chi connectivity index (χ0n) is 30.9. The van der Waals surface area contributed by atoms with E-state index < -0.39 is 15.6 Å². The third-order valence-corrected chi connectivity index (χ3v) is 12.3. The third-order valence-electron chi connectivity index (χ3n) is 9.52. The van der Waals surface area contributed by atoms with Crippen LogP contribution >= 0.6 is 0 Å². The SMILES string of the molecule is O=S(=O)([O-])C(F)(F)F.c1ccc2c(c1)cc(COc1ccc([S+](c3ccc(OC4CCCCO4)cc3)c3ccc(OC4CCCCO4)cc3)cc1)c1ccccc12. The second-order valence-corrected chi connectivity index (χ2v) is 16.9. The first-order valence-electron chi connectivity index (χ1n) is 18.7. The van der Waals surface area contributed by atoms with Gasteiger partial charge in [-0.25, -0.2) is 8.42 Å². The highest BCUT2D eigenvalue weighted by molar-refractivity contribution is 7.97. The quantitative estimate of drug-likeness (QED) is 0.0583. The van der Waals surface area contributed by atoms with E-state index in [1.807, 2.05) is 0 Å². The lowest BCUT2D eigenvalue weighted by molar-refractivity contribution is -0.106. The van der Waals surface area contributed by atoms with Gasteiger partial charge in [-0.1, -0.05) is 48.5 Å². The van der Waals surface area contributed by atoms with E-state index in [1.54, 1.807) is 0 Å². The summed E-state index contributed by atoms with van der Waals surface area (Å²) >= 11 is 0. The highest BCUT2D eigenvalue weighted by Crippen LogP contribution is 2.36. The molecule has 2 heterocycles. The van der Waals surface area contributed by atoms with Crippen molar-refractivity contribution in [3.8, 4) is 17.2 Å². The molecule has 2 atom stereocenters. The summed E-state index contributed by atoms with van der Waals surface area (Å²) in [6, 6.07) is 44.9. The van der Waals surface area contributed by atoms with Gasteiger partial charge >= 0.3 is 5.51 Å². The molecule has 298 valence electrons. The molecule has 0 amide bonds. The molecule has 6 aromatic carbocycles. The standard InChI is InChI=1S/C43H41O5S.CHF3O3S/c1-2-10-39-31(9-1)29-32(40-11-3-4-12-41(39)40)30-46-33-15-21-36(22-16-33)49(37-23-17-34(18-24-37)47-42-13-5-7-27-44-42)38-25-19-35(20-26-38)48-43-14-6-8-28-45-43;2-1(3,4)8(5,6)7/h1-4,9-12,15-26,29,42-43H,5-8,13-14,27-28,30H2;(H,5,6,7)/q+1;/p-1. The van der Waals surface area contributed by atoms with Crippen molar-refractivity contribution in [3.63, 3.8) is 0 Å². The van der Waals surface area contributed by atoms with Gasteiger partial charge in [-0.3, -0.25) is 0 Å². The van der Waals surface area contributed by atoms with E-state index in [0.717, 1.165) is 69.0 Å². The Bertz CT molecular complexity index is 2280. The Balaban J connectivity index is 0.000000562. The molecule has 0 radical (unpaired) electrons. The van der Waals surface area contributed by atoms with Gasteiger partial charge in [-0.05, 0) is 132 Å². The monoisotopic (exact) mass is 818 g/mol. The predicted molar refractivity (Wildman–Crippen MR) is 211 cm³/mol. The zero-order valence-corrected chi connectivity index (χ0v) is 32.5. The Morgan fingerprint density at radius 2 is 1.05 bits per heavy atom. The molecular weight excluding hydrogens is 778 g/mol. The zero-order chi connectivity index (χ0) is 39.8. The maximum absolute atomic E-state index is 10.7. The van der Waals surface area contributed by atoms with E-state index in [2.05, 4.69) is 127 Å². The first-order chi connectivity index (χ1) is 27.5. The Morgan fingerprint density at radius 3 is 1.51 bits per heavy atom. The summed E-state index contributed by atoms with van der Waals surface area (Å²) < 4.78 is 89.2. The van der Waals surface area contributed by atoms with Crippen LogP contribution < -0.4 is 14.2 Å². The maximum Gasteiger partial charge on any atom is 0.485 e. The highest BCUT2D eigenvalue weighted by Gasteiger charge is 2.37. The van der Waals surface area contributed by atoms with E-state index in [1.165, 1.54) is 41.8 Å². The predicted octanol–water partition coefficient (Wildman–Crippen LogP) is 10.5. The van der Waals surface area contributed by atoms with Crippen molar-refractivity contribution in [2.75, 3.05) is 13.2 Å². The Morgan fingerprint density at radius 1 is 0.614 bits per heavy atom. The van der Waals surface area contributed by atoms with Crippen LogP contribution in [-0.2, 0) is 37.1 Å². The van der Waals surface area contributed by atoms with Gasteiger partial charge < -0.3 is 28.2 Å². The minimum atomic E-state index is -6.09. The van der Waals surface area contributed by atoms with Crippen molar-refractivity contribution in [2.24, 2.45) is 0 Å². The topological polar surface area (TPSA) is 103 Å². The van der Waals surface area contributed by atoms with Crippen molar-refractivity contribution >= 4 is 42.6 Å². The van der Waals surface area contributed by atoms with Gasteiger partial charge in [0.1, 0.15) is 23.9 Å². The number of ether oxygens (including phenoxy) is 5. The van der Waals surface area contributed by atoms with Crippen molar-refractivity contribution in [1.82, 2.24) is 0 Å². The smallest absolute Gasteiger partial charge is 0.485 e. The van der Waals surface area contributed by atoms with Crippen molar-refractivity contribution in [2.45, 2.75) is 77.9 Å². The summed E-state index contributed by atoms with van der Waals surface area (Å²) in [5.41, 5.74) is -4.47. The molecular formula is C44H41F3O8S2. The minimum Gasteiger partial charge on any atom is -0.741 e. The average molecular weight is 819 g/mol. The summed E-state index contributed by atoms with van der Waals surface area (Å²) in [5, 5.41) is 4.97. The molecule has 57 heavy (non-hydrogen) atoms.